The third-order valence-corrected chi connectivity index (χ3v) is 5.71. The molecule has 1 aromatic carbocycles. The van der Waals surface area contributed by atoms with E-state index in [1.54, 1.807) is 32.0 Å². The number of thiazole rings is 1. The molecule has 0 spiro atoms. The van der Waals surface area contributed by atoms with Crippen LogP contribution in [-0.4, -0.2) is 44.8 Å². The predicted molar refractivity (Wildman–Crippen MR) is 97.7 cm³/mol. The second-order valence-electron chi connectivity index (χ2n) is 5.09. The van der Waals surface area contributed by atoms with Gasteiger partial charge < -0.3 is 14.8 Å². The lowest BCUT2D eigenvalue weighted by molar-refractivity contribution is -0.140. The third kappa shape index (κ3) is 5.02. The van der Waals surface area contributed by atoms with Crippen molar-refractivity contribution in [2.75, 3.05) is 24.8 Å². The SMILES string of the molecule is CCOC(=O)C=C(Nc1ccc2nc(S(C)(=O)=O)sc2c1)C(=O)OCC. The minimum Gasteiger partial charge on any atom is -0.463 e. The van der Waals surface area contributed by atoms with E-state index in [0.717, 1.165) is 23.7 Å². The fraction of sp³-hybridized carbons (Fsp3) is 0.312. The number of anilines is 1. The van der Waals surface area contributed by atoms with Crippen LogP contribution in [0.1, 0.15) is 13.8 Å². The first-order valence-electron chi connectivity index (χ1n) is 7.67. The van der Waals surface area contributed by atoms with Crippen molar-refractivity contribution in [3.05, 3.63) is 30.0 Å². The van der Waals surface area contributed by atoms with E-state index in [1.165, 1.54) is 0 Å². The highest BCUT2D eigenvalue weighted by molar-refractivity contribution is 7.92. The minimum atomic E-state index is -3.40. The summed E-state index contributed by atoms with van der Waals surface area (Å²) >= 11 is 1.02. The van der Waals surface area contributed by atoms with Crippen molar-refractivity contribution in [1.82, 2.24) is 4.98 Å². The number of benzene rings is 1. The Bertz CT molecular complexity index is 962. The van der Waals surface area contributed by atoms with Gasteiger partial charge in [0.15, 0.2) is 0 Å². The van der Waals surface area contributed by atoms with Crippen molar-refractivity contribution in [2.24, 2.45) is 0 Å². The molecule has 140 valence electrons. The van der Waals surface area contributed by atoms with Gasteiger partial charge in [-0.3, -0.25) is 0 Å². The summed E-state index contributed by atoms with van der Waals surface area (Å²) in [4.78, 5) is 27.8. The zero-order valence-electron chi connectivity index (χ0n) is 14.4. The van der Waals surface area contributed by atoms with E-state index in [4.69, 9.17) is 9.47 Å². The van der Waals surface area contributed by atoms with E-state index in [1.807, 2.05) is 0 Å². The molecule has 0 amide bonds. The first-order chi connectivity index (χ1) is 12.2. The van der Waals surface area contributed by atoms with Gasteiger partial charge in [0.25, 0.3) is 0 Å². The molecule has 0 atom stereocenters. The standard InChI is InChI=1S/C16H18N2O6S2/c1-4-23-14(19)9-12(15(20)24-5-2)17-10-6-7-11-13(8-10)25-16(18-11)26(3,21)22/h6-9,17H,4-5H2,1-3H3. The fourth-order valence-electron chi connectivity index (χ4n) is 1.95. The summed E-state index contributed by atoms with van der Waals surface area (Å²) in [6.07, 6.45) is 2.10. The molecule has 0 aliphatic carbocycles. The molecule has 0 saturated heterocycles. The number of ether oxygens (including phenoxy) is 2. The summed E-state index contributed by atoms with van der Waals surface area (Å²) in [6.45, 7) is 3.62. The van der Waals surface area contributed by atoms with Crippen molar-refractivity contribution in [2.45, 2.75) is 18.2 Å². The molecule has 26 heavy (non-hydrogen) atoms. The second kappa shape index (κ2) is 8.28. The highest BCUT2D eigenvalue weighted by Crippen LogP contribution is 2.28. The molecule has 0 aliphatic rings. The van der Waals surface area contributed by atoms with Crippen LogP contribution in [0.5, 0.6) is 0 Å². The largest absolute Gasteiger partial charge is 0.463 e. The number of carbonyl (C=O) groups is 2. The van der Waals surface area contributed by atoms with Gasteiger partial charge in [-0.25, -0.2) is 23.0 Å². The van der Waals surface area contributed by atoms with Gasteiger partial charge in [0, 0.05) is 11.9 Å². The highest BCUT2D eigenvalue weighted by atomic mass is 32.2. The molecule has 2 rings (SSSR count). The number of nitrogens with one attached hydrogen (secondary N) is 1. The quantitative estimate of drug-likeness (QED) is 0.558. The summed E-state index contributed by atoms with van der Waals surface area (Å²) in [6, 6.07) is 4.88. The molecule has 1 N–H and O–H groups in total. The molecule has 0 fully saturated rings. The molecular weight excluding hydrogens is 380 g/mol. The number of nitrogens with zero attached hydrogens (tertiary/aromatic N) is 1. The van der Waals surface area contributed by atoms with Crippen LogP contribution in [0.25, 0.3) is 10.2 Å². The zero-order valence-corrected chi connectivity index (χ0v) is 16.1. The molecule has 0 aliphatic heterocycles. The smallest absolute Gasteiger partial charge is 0.355 e. The average Bonchev–Trinajstić information content (AvgIpc) is 2.98. The van der Waals surface area contributed by atoms with E-state index in [2.05, 4.69) is 10.3 Å². The molecule has 1 heterocycles. The summed E-state index contributed by atoms with van der Waals surface area (Å²) in [5, 5.41) is 2.81. The molecule has 2 aromatic rings. The van der Waals surface area contributed by atoms with Crippen LogP contribution in [0, 0.1) is 0 Å². The maximum atomic E-state index is 12.0. The predicted octanol–water partition coefficient (Wildman–Crippen LogP) is 2.12. The second-order valence-corrected chi connectivity index (χ2v) is 8.31. The Morgan fingerprint density at radius 3 is 2.54 bits per heavy atom. The van der Waals surface area contributed by atoms with Gasteiger partial charge in [0.1, 0.15) is 5.70 Å². The average molecular weight is 398 g/mol. The number of aromatic nitrogens is 1. The Balaban J connectivity index is 2.35. The van der Waals surface area contributed by atoms with E-state index in [9.17, 15) is 18.0 Å². The molecule has 0 unspecified atom stereocenters. The first-order valence-corrected chi connectivity index (χ1v) is 10.4. The molecular formula is C16H18N2O6S2. The molecule has 8 nitrogen and oxygen atoms in total. The van der Waals surface area contributed by atoms with Crippen LogP contribution in [-0.2, 0) is 28.9 Å². The Morgan fingerprint density at radius 2 is 1.92 bits per heavy atom. The highest BCUT2D eigenvalue weighted by Gasteiger charge is 2.16. The zero-order chi connectivity index (χ0) is 19.3. The van der Waals surface area contributed by atoms with Gasteiger partial charge in [-0.05, 0) is 32.0 Å². The maximum Gasteiger partial charge on any atom is 0.355 e. The Hall–Kier alpha value is -2.46. The van der Waals surface area contributed by atoms with E-state index in [-0.39, 0.29) is 23.3 Å². The Labute approximate surface area is 154 Å². The van der Waals surface area contributed by atoms with Gasteiger partial charge in [0.05, 0.1) is 29.5 Å². The Morgan fingerprint density at radius 1 is 1.23 bits per heavy atom. The summed E-state index contributed by atoms with van der Waals surface area (Å²) in [7, 11) is -3.40. The van der Waals surface area contributed by atoms with Crippen molar-refractivity contribution in [3.8, 4) is 0 Å². The number of sulfone groups is 1. The number of fused-ring (bicyclic) bond motifs is 1. The topological polar surface area (TPSA) is 112 Å². The molecule has 0 bridgehead atoms. The molecule has 1 aromatic heterocycles. The monoisotopic (exact) mass is 398 g/mol. The van der Waals surface area contributed by atoms with Gasteiger partial charge in [0.2, 0.25) is 14.2 Å². The van der Waals surface area contributed by atoms with Crippen molar-refractivity contribution in [1.29, 1.82) is 0 Å². The lowest BCUT2D eigenvalue weighted by Gasteiger charge is -2.10. The summed E-state index contributed by atoms with van der Waals surface area (Å²) < 4.78 is 33.6. The van der Waals surface area contributed by atoms with Gasteiger partial charge >= 0.3 is 11.9 Å². The lowest BCUT2D eigenvalue weighted by atomic mass is 10.2. The van der Waals surface area contributed by atoms with E-state index < -0.39 is 21.8 Å². The van der Waals surface area contributed by atoms with Crippen LogP contribution in [0.15, 0.2) is 34.3 Å². The van der Waals surface area contributed by atoms with Gasteiger partial charge in [-0.15, -0.1) is 11.3 Å². The fourth-order valence-corrected chi connectivity index (χ4v) is 3.83. The van der Waals surface area contributed by atoms with Crippen LogP contribution in [0.3, 0.4) is 0 Å². The number of esters is 2. The van der Waals surface area contributed by atoms with Crippen LogP contribution in [0.2, 0.25) is 0 Å². The molecule has 0 saturated carbocycles. The van der Waals surface area contributed by atoms with Crippen molar-refractivity contribution in [3.63, 3.8) is 0 Å². The van der Waals surface area contributed by atoms with E-state index >= 15 is 0 Å². The normalized spacial score (nSPS) is 12.0. The number of carbonyl (C=O) groups excluding carboxylic acids is 2. The molecule has 0 radical (unpaired) electrons. The Kier molecular flexibility index (Phi) is 6.32. The summed E-state index contributed by atoms with van der Waals surface area (Å²) in [5.41, 5.74) is 0.912. The van der Waals surface area contributed by atoms with Crippen molar-refractivity contribution < 1.29 is 27.5 Å². The minimum absolute atomic E-state index is 0.0114. The number of rotatable bonds is 7. The van der Waals surface area contributed by atoms with Crippen molar-refractivity contribution >= 4 is 49.0 Å². The van der Waals surface area contributed by atoms with Crippen LogP contribution < -0.4 is 5.32 Å². The van der Waals surface area contributed by atoms with Gasteiger partial charge in [-0.1, -0.05) is 0 Å². The van der Waals surface area contributed by atoms with E-state index in [0.29, 0.717) is 15.9 Å². The maximum absolute atomic E-state index is 12.0. The lowest BCUT2D eigenvalue weighted by Crippen LogP contribution is -2.17. The van der Waals surface area contributed by atoms with Gasteiger partial charge in [-0.2, -0.15) is 0 Å². The first kappa shape index (κ1) is 19.9. The number of hydrogen-bond donors (Lipinski definition) is 1. The number of hydrogen-bond acceptors (Lipinski definition) is 9. The molecule has 10 heteroatoms. The summed E-state index contributed by atoms with van der Waals surface area (Å²) in [5.74, 6) is -1.39. The third-order valence-electron chi connectivity index (χ3n) is 3.01. The van der Waals surface area contributed by atoms with Crippen LogP contribution in [0.4, 0.5) is 5.69 Å². The van der Waals surface area contributed by atoms with Crippen LogP contribution >= 0.6 is 11.3 Å².